The first-order chi connectivity index (χ1) is 13.8. The van der Waals surface area contributed by atoms with Crippen LogP contribution in [0.1, 0.15) is 19.8 Å². The third kappa shape index (κ3) is 4.02. The van der Waals surface area contributed by atoms with Crippen LogP contribution in [0.5, 0.6) is 0 Å². The van der Waals surface area contributed by atoms with Crippen LogP contribution in [0, 0.1) is 0 Å². The summed E-state index contributed by atoms with van der Waals surface area (Å²) in [7, 11) is 0. The van der Waals surface area contributed by atoms with Gasteiger partial charge in [0.05, 0.1) is 11.0 Å². The summed E-state index contributed by atoms with van der Waals surface area (Å²) in [6.45, 7) is 2.24. The van der Waals surface area contributed by atoms with Gasteiger partial charge in [-0.15, -0.1) is 23.5 Å². The Morgan fingerprint density at radius 3 is 2.04 bits per heavy atom. The fraction of sp³-hybridized carbons (Fsp3) is 0.217. The maximum Gasteiger partial charge on any atom is 0.0714 e. The number of rotatable bonds is 7. The smallest absolute Gasteiger partial charge is 0.0714 e. The van der Waals surface area contributed by atoms with Crippen LogP contribution < -0.4 is 0 Å². The number of para-hydroxylation sites is 2. The van der Waals surface area contributed by atoms with Crippen molar-refractivity contribution in [2.45, 2.75) is 39.3 Å². The average Bonchev–Trinajstić information content (AvgIpc) is 2.75. The number of pyridine rings is 2. The second kappa shape index (κ2) is 9.21. The molecule has 0 bridgehead atoms. The van der Waals surface area contributed by atoms with Crippen molar-refractivity contribution >= 4 is 57.1 Å². The predicted octanol–water partition coefficient (Wildman–Crippen LogP) is 7.55. The minimum absolute atomic E-state index is 1.04. The molecule has 2 aromatic carbocycles. The molecule has 0 atom stereocenters. The molecule has 0 saturated carbocycles. The zero-order valence-corrected chi connectivity index (χ0v) is 18.5. The summed E-state index contributed by atoms with van der Waals surface area (Å²) < 4.78 is 0. The Balaban J connectivity index is 1.84. The van der Waals surface area contributed by atoms with E-state index in [-0.39, 0.29) is 0 Å². The molecule has 0 N–H and O–H groups in total. The van der Waals surface area contributed by atoms with Gasteiger partial charge in [0.15, 0.2) is 0 Å². The number of aromatic nitrogens is 2. The van der Waals surface area contributed by atoms with E-state index < -0.39 is 0 Å². The molecule has 0 saturated heterocycles. The van der Waals surface area contributed by atoms with E-state index >= 15 is 0 Å². The van der Waals surface area contributed by atoms with Crippen molar-refractivity contribution in [3.8, 4) is 0 Å². The zero-order chi connectivity index (χ0) is 19.3. The van der Waals surface area contributed by atoms with E-state index in [0.717, 1.165) is 16.8 Å². The maximum absolute atomic E-state index is 4.75. The third-order valence-electron chi connectivity index (χ3n) is 4.56. The standard InChI is InChI=1S/C23H22N2S3/c1-3-4-13-27-22-16-9-5-7-11-18(16)25-15-21(22)28-23-17-10-6-8-12-19(17)24-14-20(23)26-2/h5-12,14-15H,3-4,13H2,1-2H3. The molecule has 0 aliphatic carbocycles. The number of thioether (sulfide) groups is 2. The Morgan fingerprint density at radius 1 is 0.786 bits per heavy atom. The van der Waals surface area contributed by atoms with Gasteiger partial charge in [0.25, 0.3) is 0 Å². The number of hydrogen-bond donors (Lipinski definition) is 0. The monoisotopic (exact) mass is 422 g/mol. The van der Waals surface area contributed by atoms with Gasteiger partial charge < -0.3 is 0 Å². The molecule has 142 valence electrons. The van der Waals surface area contributed by atoms with Crippen molar-refractivity contribution in [1.29, 1.82) is 0 Å². The molecule has 0 unspecified atom stereocenters. The van der Waals surface area contributed by atoms with Crippen molar-refractivity contribution in [1.82, 2.24) is 9.97 Å². The lowest BCUT2D eigenvalue weighted by molar-refractivity contribution is 0.895. The van der Waals surface area contributed by atoms with Crippen LogP contribution in [0.4, 0.5) is 0 Å². The second-order valence-corrected chi connectivity index (χ2v) is 9.45. The maximum atomic E-state index is 4.75. The highest BCUT2D eigenvalue weighted by molar-refractivity contribution is 8.03. The normalized spacial score (nSPS) is 11.4. The number of hydrogen-bond acceptors (Lipinski definition) is 5. The number of benzene rings is 2. The Hall–Kier alpha value is -1.69. The van der Waals surface area contributed by atoms with Crippen LogP contribution >= 0.6 is 35.3 Å². The average molecular weight is 423 g/mol. The molecular formula is C23H22N2S3. The zero-order valence-electron chi connectivity index (χ0n) is 16.0. The van der Waals surface area contributed by atoms with Crippen molar-refractivity contribution in [2.75, 3.05) is 12.0 Å². The Kier molecular flexibility index (Phi) is 6.45. The molecule has 2 heterocycles. The van der Waals surface area contributed by atoms with E-state index in [1.165, 1.54) is 43.2 Å². The minimum atomic E-state index is 1.04. The SMILES string of the molecule is CCCCSc1c(Sc2c(SC)cnc3ccccc23)cnc2ccccc12. The molecule has 0 spiro atoms. The van der Waals surface area contributed by atoms with Crippen molar-refractivity contribution in [3.05, 3.63) is 60.9 Å². The summed E-state index contributed by atoms with van der Waals surface area (Å²) in [5, 5.41) is 2.45. The van der Waals surface area contributed by atoms with Crippen LogP contribution in [0.2, 0.25) is 0 Å². The first kappa shape index (κ1) is 19.6. The summed E-state index contributed by atoms with van der Waals surface area (Å²) in [5.41, 5.74) is 2.10. The van der Waals surface area contributed by atoms with E-state index in [0.29, 0.717) is 0 Å². The van der Waals surface area contributed by atoms with Crippen molar-refractivity contribution in [2.24, 2.45) is 0 Å². The van der Waals surface area contributed by atoms with Crippen molar-refractivity contribution in [3.63, 3.8) is 0 Å². The molecule has 0 radical (unpaired) electrons. The van der Waals surface area contributed by atoms with E-state index in [1.807, 2.05) is 42.0 Å². The lowest BCUT2D eigenvalue weighted by atomic mass is 10.2. The van der Waals surface area contributed by atoms with Gasteiger partial charge in [-0.1, -0.05) is 61.5 Å². The van der Waals surface area contributed by atoms with Crippen LogP contribution in [-0.2, 0) is 0 Å². The van der Waals surface area contributed by atoms with Gasteiger partial charge in [-0.3, -0.25) is 9.97 Å². The summed E-state index contributed by atoms with van der Waals surface area (Å²) in [5.74, 6) is 1.13. The summed E-state index contributed by atoms with van der Waals surface area (Å²) >= 11 is 5.53. The number of fused-ring (bicyclic) bond motifs is 2. The van der Waals surface area contributed by atoms with Gasteiger partial charge in [-0.2, -0.15) is 0 Å². The van der Waals surface area contributed by atoms with Crippen molar-refractivity contribution < 1.29 is 0 Å². The highest BCUT2D eigenvalue weighted by atomic mass is 32.2. The van der Waals surface area contributed by atoms with E-state index in [9.17, 15) is 0 Å². The third-order valence-corrected chi connectivity index (χ3v) is 7.97. The van der Waals surface area contributed by atoms with Gasteiger partial charge in [-0.25, -0.2) is 0 Å². The summed E-state index contributed by atoms with van der Waals surface area (Å²) in [6.07, 6.45) is 8.59. The minimum Gasteiger partial charge on any atom is -0.255 e. The van der Waals surface area contributed by atoms with E-state index in [1.54, 1.807) is 11.8 Å². The molecule has 0 aliphatic rings. The van der Waals surface area contributed by atoms with E-state index in [4.69, 9.17) is 4.98 Å². The Labute approximate surface area is 178 Å². The number of nitrogens with zero attached hydrogens (tertiary/aromatic N) is 2. The van der Waals surface area contributed by atoms with Crippen LogP contribution in [-0.4, -0.2) is 22.0 Å². The second-order valence-electron chi connectivity index (χ2n) is 6.45. The fourth-order valence-electron chi connectivity index (χ4n) is 3.10. The molecule has 5 heteroatoms. The molecule has 0 amide bonds. The van der Waals surface area contributed by atoms with Gasteiger partial charge in [0.1, 0.15) is 0 Å². The lowest BCUT2D eigenvalue weighted by Gasteiger charge is -2.15. The summed E-state index contributed by atoms with van der Waals surface area (Å²) in [6, 6.07) is 16.9. The first-order valence-electron chi connectivity index (χ1n) is 9.42. The predicted molar refractivity (Wildman–Crippen MR) is 125 cm³/mol. The lowest BCUT2D eigenvalue weighted by Crippen LogP contribution is -1.91. The van der Waals surface area contributed by atoms with Crippen LogP contribution in [0.3, 0.4) is 0 Å². The Morgan fingerprint density at radius 2 is 1.39 bits per heavy atom. The van der Waals surface area contributed by atoms with Gasteiger partial charge >= 0.3 is 0 Å². The molecule has 0 fully saturated rings. The highest BCUT2D eigenvalue weighted by Gasteiger charge is 2.15. The number of unbranched alkanes of at least 4 members (excludes halogenated alkanes) is 1. The largest absolute Gasteiger partial charge is 0.255 e. The quantitative estimate of drug-likeness (QED) is 0.226. The molecule has 4 aromatic rings. The van der Waals surface area contributed by atoms with Crippen LogP contribution in [0.25, 0.3) is 21.8 Å². The first-order valence-corrected chi connectivity index (χ1v) is 12.4. The van der Waals surface area contributed by atoms with Gasteiger partial charge in [0.2, 0.25) is 0 Å². The molecule has 28 heavy (non-hydrogen) atoms. The summed E-state index contributed by atoms with van der Waals surface area (Å²) in [4.78, 5) is 14.4. The van der Waals surface area contributed by atoms with E-state index in [2.05, 4.69) is 60.6 Å². The van der Waals surface area contributed by atoms with Gasteiger partial charge in [0, 0.05) is 42.7 Å². The molecule has 4 rings (SSSR count). The van der Waals surface area contributed by atoms with Gasteiger partial charge in [-0.05, 0) is 30.6 Å². The topological polar surface area (TPSA) is 25.8 Å². The fourth-order valence-corrected chi connectivity index (χ4v) is 6.35. The molecule has 0 aliphatic heterocycles. The molecule has 2 aromatic heterocycles. The van der Waals surface area contributed by atoms with Crippen LogP contribution in [0.15, 0.2) is 80.5 Å². The highest BCUT2D eigenvalue weighted by Crippen LogP contribution is 2.44. The Bertz CT molecular complexity index is 1110. The molecular weight excluding hydrogens is 400 g/mol. The molecule has 2 nitrogen and oxygen atoms in total.